The normalized spacial score (nSPS) is 10.1. The highest BCUT2D eigenvalue weighted by atomic mass is 16.3. The number of phenolic OH excluding ortho intramolecular Hbond substituents is 1. The number of hydrogen-bond donors (Lipinski definition) is 1. The highest BCUT2D eigenvalue weighted by Crippen LogP contribution is 2.17. The first-order valence-corrected chi connectivity index (χ1v) is 4.53. The molecule has 1 N–H and O–H groups in total. The molecule has 1 radical (unpaired) electrons. The second-order valence-corrected chi connectivity index (χ2v) is 2.99. The molecule has 1 aromatic carbocycles. The molecule has 0 saturated carbocycles. The Bertz CT molecular complexity index is 230. The van der Waals surface area contributed by atoms with Gasteiger partial charge >= 0.3 is 0 Å². The molecular formula is C11H15O. The van der Waals surface area contributed by atoms with Crippen LogP contribution < -0.4 is 0 Å². The van der Waals surface area contributed by atoms with Gasteiger partial charge in [0.1, 0.15) is 5.75 Å². The lowest BCUT2D eigenvalue weighted by Gasteiger charge is -2.01. The van der Waals surface area contributed by atoms with Crippen LogP contribution >= 0.6 is 0 Å². The molecule has 0 bridgehead atoms. The minimum absolute atomic E-state index is 0.383. The van der Waals surface area contributed by atoms with Crippen LogP contribution in [0.4, 0.5) is 0 Å². The number of aryl methyl sites for hydroxylation is 1. The fourth-order valence-electron chi connectivity index (χ4n) is 1.21. The van der Waals surface area contributed by atoms with Crippen molar-refractivity contribution < 1.29 is 5.11 Å². The largest absolute Gasteiger partial charge is 0.508 e. The summed E-state index contributed by atoms with van der Waals surface area (Å²) in [6.07, 6.45) is 4.53. The van der Waals surface area contributed by atoms with Crippen LogP contribution in [-0.4, -0.2) is 5.11 Å². The summed E-state index contributed by atoms with van der Waals surface area (Å²) in [6, 6.07) is 8.42. The van der Waals surface area contributed by atoms with E-state index in [0.717, 1.165) is 18.4 Å². The molecule has 0 atom stereocenters. The maximum Gasteiger partial charge on any atom is 0.119 e. The van der Waals surface area contributed by atoms with Crippen molar-refractivity contribution in [3.63, 3.8) is 0 Å². The van der Waals surface area contributed by atoms with Gasteiger partial charge in [-0.15, -0.1) is 0 Å². The van der Waals surface area contributed by atoms with E-state index in [1.165, 1.54) is 12.8 Å². The van der Waals surface area contributed by atoms with E-state index in [-0.39, 0.29) is 0 Å². The van der Waals surface area contributed by atoms with Gasteiger partial charge < -0.3 is 5.11 Å². The van der Waals surface area contributed by atoms with Gasteiger partial charge in [0.15, 0.2) is 0 Å². The van der Waals surface area contributed by atoms with Crippen molar-refractivity contribution in [2.45, 2.75) is 32.6 Å². The van der Waals surface area contributed by atoms with E-state index in [9.17, 15) is 5.11 Å². The number of unbranched alkanes of at least 4 members (excludes halogenated alkanes) is 2. The van der Waals surface area contributed by atoms with E-state index in [4.69, 9.17) is 0 Å². The van der Waals surface area contributed by atoms with Crippen LogP contribution in [0.1, 0.15) is 31.7 Å². The Kier molecular flexibility index (Phi) is 3.65. The molecule has 0 unspecified atom stereocenters. The topological polar surface area (TPSA) is 20.2 Å². The van der Waals surface area contributed by atoms with Gasteiger partial charge in [0.25, 0.3) is 0 Å². The Morgan fingerprint density at radius 2 is 2.25 bits per heavy atom. The Labute approximate surface area is 74.1 Å². The van der Waals surface area contributed by atoms with Crippen LogP contribution in [0.15, 0.2) is 18.2 Å². The van der Waals surface area contributed by atoms with Crippen molar-refractivity contribution in [1.82, 2.24) is 0 Å². The van der Waals surface area contributed by atoms with E-state index in [1.807, 2.05) is 6.07 Å². The van der Waals surface area contributed by atoms with Gasteiger partial charge in [0.2, 0.25) is 0 Å². The van der Waals surface area contributed by atoms with E-state index in [0.29, 0.717) is 5.75 Å². The summed E-state index contributed by atoms with van der Waals surface area (Å²) in [5, 5.41) is 9.38. The Morgan fingerprint density at radius 3 is 2.92 bits per heavy atom. The van der Waals surface area contributed by atoms with Crippen molar-refractivity contribution in [2.24, 2.45) is 0 Å². The van der Waals surface area contributed by atoms with Crippen LogP contribution in [0.25, 0.3) is 0 Å². The molecule has 0 saturated heterocycles. The van der Waals surface area contributed by atoms with Gasteiger partial charge in [-0.3, -0.25) is 0 Å². The van der Waals surface area contributed by atoms with Gasteiger partial charge in [-0.05, 0) is 25.0 Å². The highest BCUT2D eigenvalue weighted by molar-refractivity contribution is 5.30. The van der Waals surface area contributed by atoms with Gasteiger partial charge in [-0.25, -0.2) is 0 Å². The Morgan fingerprint density at radius 1 is 1.42 bits per heavy atom. The second-order valence-electron chi connectivity index (χ2n) is 2.99. The molecule has 1 aromatic rings. The lowest BCUT2D eigenvalue weighted by molar-refractivity contribution is 0.466. The van der Waals surface area contributed by atoms with Gasteiger partial charge in [-0.2, -0.15) is 0 Å². The molecule has 0 aliphatic heterocycles. The third-order valence-corrected chi connectivity index (χ3v) is 1.95. The van der Waals surface area contributed by atoms with E-state index in [2.05, 4.69) is 13.0 Å². The van der Waals surface area contributed by atoms with Gasteiger partial charge in [0.05, 0.1) is 0 Å². The molecule has 0 spiro atoms. The molecule has 1 nitrogen and oxygen atoms in total. The van der Waals surface area contributed by atoms with Crippen LogP contribution in [0.2, 0.25) is 0 Å². The SMILES string of the molecule is CCCCCc1[c]cccc1O. The predicted molar refractivity (Wildman–Crippen MR) is 50.2 cm³/mol. The predicted octanol–water partition coefficient (Wildman–Crippen LogP) is 2.93. The lowest BCUT2D eigenvalue weighted by atomic mass is 10.1. The summed E-state index contributed by atoms with van der Waals surface area (Å²) in [6.45, 7) is 2.18. The minimum atomic E-state index is 0.383. The Balaban J connectivity index is 2.46. The average molecular weight is 163 g/mol. The summed E-state index contributed by atoms with van der Waals surface area (Å²) < 4.78 is 0. The molecule has 0 aliphatic carbocycles. The van der Waals surface area contributed by atoms with Gasteiger partial charge in [0, 0.05) is 5.56 Å². The van der Waals surface area contributed by atoms with Crippen LogP contribution in [0, 0.1) is 6.07 Å². The minimum Gasteiger partial charge on any atom is -0.508 e. The number of aromatic hydroxyl groups is 1. The summed E-state index contributed by atoms with van der Waals surface area (Å²) >= 11 is 0. The maximum atomic E-state index is 9.38. The average Bonchev–Trinajstić information content (AvgIpc) is 2.09. The summed E-state index contributed by atoms with van der Waals surface area (Å²) in [7, 11) is 0. The van der Waals surface area contributed by atoms with Crippen molar-refractivity contribution in [3.8, 4) is 5.75 Å². The Hall–Kier alpha value is -0.980. The number of hydrogen-bond acceptors (Lipinski definition) is 1. The van der Waals surface area contributed by atoms with Gasteiger partial charge in [-0.1, -0.05) is 31.9 Å². The lowest BCUT2D eigenvalue weighted by Crippen LogP contribution is -1.85. The summed E-state index contributed by atoms with van der Waals surface area (Å²) in [4.78, 5) is 0. The van der Waals surface area contributed by atoms with Crippen molar-refractivity contribution >= 4 is 0 Å². The first-order chi connectivity index (χ1) is 5.84. The van der Waals surface area contributed by atoms with Crippen molar-refractivity contribution in [1.29, 1.82) is 0 Å². The second kappa shape index (κ2) is 4.81. The number of rotatable bonds is 4. The molecule has 0 heterocycles. The smallest absolute Gasteiger partial charge is 0.119 e. The molecule has 0 fully saturated rings. The zero-order chi connectivity index (χ0) is 8.81. The third-order valence-electron chi connectivity index (χ3n) is 1.95. The zero-order valence-electron chi connectivity index (χ0n) is 7.51. The monoisotopic (exact) mass is 163 g/mol. The first-order valence-electron chi connectivity index (χ1n) is 4.53. The zero-order valence-corrected chi connectivity index (χ0v) is 7.51. The van der Waals surface area contributed by atoms with Crippen molar-refractivity contribution in [2.75, 3.05) is 0 Å². The fourth-order valence-corrected chi connectivity index (χ4v) is 1.21. The molecule has 65 valence electrons. The quantitative estimate of drug-likeness (QED) is 0.676. The maximum absolute atomic E-state index is 9.38. The molecule has 0 aromatic heterocycles. The van der Waals surface area contributed by atoms with E-state index in [1.54, 1.807) is 12.1 Å². The fraction of sp³-hybridized carbons (Fsp3) is 0.455. The van der Waals surface area contributed by atoms with Crippen LogP contribution in [0.3, 0.4) is 0 Å². The molecule has 0 amide bonds. The van der Waals surface area contributed by atoms with Crippen LogP contribution in [-0.2, 0) is 6.42 Å². The standard InChI is InChI=1S/C11H15O/c1-2-3-4-7-10-8-5-6-9-11(10)12/h5-6,9,12H,2-4,7H2,1H3. The van der Waals surface area contributed by atoms with Crippen molar-refractivity contribution in [3.05, 3.63) is 29.8 Å². The molecule has 1 heteroatoms. The molecular weight excluding hydrogens is 148 g/mol. The first kappa shape index (κ1) is 9.11. The summed E-state index contributed by atoms with van der Waals surface area (Å²) in [5.41, 5.74) is 0.950. The number of phenols is 1. The number of benzene rings is 1. The molecule has 12 heavy (non-hydrogen) atoms. The molecule has 0 aliphatic rings. The van der Waals surface area contributed by atoms with E-state index >= 15 is 0 Å². The third kappa shape index (κ3) is 2.57. The van der Waals surface area contributed by atoms with E-state index < -0.39 is 0 Å². The molecule has 1 rings (SSSR count). The summed E-state index contributed by atoms with van der Waals surface area (Å²) in [5.74, 6) is 0.383. The highest BCUT2D eigenvalue weighted by Gasteiger charge is 1.98. The van der Waals surface area contributed by atoms with Crippen LogP contribution in [0.5, 0.6) is 5.75 Å².